The van der Waals surface area contributed by atoms with Crippen LogP contribution in [0.2, 0.25) is 5.02 Å². The van der Waals surface area contributed by atoms with Crippen LogP contribution in [0.1, 0.15) is 41.5 Å². The molecule has 11 heteroatoms. The van der Waals surface area contributed by atoms with E-state index in [1.165, 1.54) is 11.2 Å². The number of nitrogen functional groups attached to an aromatic ring is 1. The molecule has 0 spiro atoms. The van der Waals surface area contributed by atoms with Gasteiger partial charge in [-0.05, 0) is 50.6 Å². The first-order valence-corrected chi connectivity index (χ1v) is 13.1. The van der Waals surface area contributed by atoms with Crippen LogP contribution in [0.3, 0.4) is 0 Å². The molecular weight excluding hydrogens is 528 g/mol. The SMILES string of the molecule is CCOc1c(C(C)n2nc(-c3cccnc3)c3c(N)ncnc32)cc(Cl)c(C)c1-c1ccc(C(=O)N(C)C)nc1. The molecule has 1 atom stereocenters. The van der Waals surface area contributed by atoms with Crippen LogP contribution in [0, 0.1) is 6.92 Å². The molecule has 0 radical (unpaired) electrons. The highest BCUT2D eigenvalue weighted by Gasteiger charge is 2.26. The smallest absolute Gasteiger partial charge is 0.271 e. The van der Waals surface area contributed by atoms with Crippen LogP contribution in [-0.4, -0.2) is 61.2 Å². The Hall–Kier alpha value is -4.57. The number of pyridine rings is 2. The van der Waals surface area contributed by atoms with Gasteiger partial charge in [0.05, 0.1) is 18.0 Å². The van der Waals surface area contributed by atoms with Crippen molar-refractivity contribution in [3.05, 3.63) is 77.1 Å². The maximum absolute atomic E-state index is 12.4. The van der Waals surface area contributed by atoms with Gasteiger partial charge < -0.3 is 15.4 Å². The Morgan fingerprint density at radius 2 is 1.95 bits per heavy atom. The molecule has 10 nitrogen and oxygen atoms in total. The van der Waals surface area contributed by atoms with Gasteiger partial charge in [-0.2, -0.15) is 5.10 Å². The molecule has 0 fully saturated rings. The normalized spacial score (nSPS) is 11.9. The van der Waals surface area contributed by atoms with Gasteiger partial charge in [-0.1, -0.05) is 17.7 Å². The van der Waals surface area contributed by atoms with E-state index in [2.05, 4.69) is 19.9 Å². The summed E-state index contributed by atoms with van der Waals surface area (Å²) in [5.41, 5.74) is 11.9. The predicted molar refractivity (Wildman–Crippen MR) is 155 cm³/mol. The number of nitrogens with zero attached hydrogens (tertiary/aromatic N) is 7. The van der Waals surface area contributed by atoms with Gasteiger partial charge >= 0.3 is 0 Å². The number of halogens is 1. The molecule has 5 aromatic rings. The second kappa shape index (κ2) is 10.9. The average Bonchev–Trinajstić information content (AvgIpc) is 3.36. The molecule has 40 heavy (non-hydrogen) atoms. The third-order valence-corrected chi connectivity index (χ3v) is 7.13. The highest BCUT2D eigenvalue weighted by Crippen LogP contribution is 2.44. The fourth-order valence-corrected chi connectivity index (χ4v) is 4.91. The van der Waals surface area contributed by atoms with E-state index in [1.807, 2.05) is 45.0 Å². The minimum Gasteiger partial charge on any atom is -0.493 e. The van der Waals surface area contributed by atoms with E-state index >= 15 is 0 Å². The maximum Gasteiger partial charge on any atom is 0.271 e. The molecule has 1 amide bonds. The first-order chi connectivity index (χ1) is 19.2. The summed E-state index contributed by atoms with van der Waals surface area (Å²) in [7, 11) is 3.38. The van der Waals surface area contributed by atoms with Crippen LogP contribution in [0.25, 0.3) is 33.4 Å². The fraction of sp³-hybridized carbons (Fsp3) is 0.241. The number of fused-ring (bicyclic) bond motifs is 1. The van der Waals surface area contributed by atoms with Crippen LogP contribution >= 0.6 is 11.6 Å². The van der Waals surface area contributed by atoms with Crippen LogP contribution in [-0.2, 0) is 0 Å². The van der Waals surface area contributed by atoms with Crippen molar-refractivity contribution in [2.75, 3.05) is 26.4 Å². The summed E-state index contributed by atoms with van der Waals surface area (Å²) in [4.78, 5) is 31.3. The van der Waals surface area contributed by atoms with E-state index in [0.717, 1.165) is 27.8 Å². The van der Waals surface area contributed by atoms with Gasteiger partial charge in [0.2, 0.25) is 0 Å². The molecule has 0 bridgehead atoms. The summed E-state index contributed by atoms with van der Waals surface area (Å²) in [5.74, 6) is 0.803. The summed E-state index contributed by atoms with van der Waals surface area (Å²) >= 11 is 6.82. The van der Waals surface area contributed by atoms with Gasteiger partial charge in [-0.15, -0.1) is 0 Å². The minimum atomic E-state index is -0.358. The molecular formula is C29H29ClN8O2. The van der Waals surface area contributed by atoms with Crippen molar-refractivity contribution in [1.82, 2.24) is 34.6 Å². The first-order valence-electron chi connectivity index (χ1n) is 12.8. The van der Waals surface area contributed by atoms with Gasteiger partial charge in [0.15, 0.2) is 5.65 Å². The first kappa shape index (κ1) is 27.0. The number of anilines is 1. The molecule has 4 aromatic heterocycles. The summed E-state index contributed by atoms with van der Waals surface area (Å²) in [6, 6.07) is 8.86. The second-order valence-corrected chi connectivity index (χ2v) is 9.92. The molecule has 1 unspecified atom stereocenters. The Morgan fingerprint density at radius 3 is 2.60 bits per heavy atom. The van der Waals surface area contributed by atoms with Gasteiger partial charge in [0.25, 0.3) is 5.91 Å². The molecule has 0 aliphatic carbocycles. The van der Waals surface area contributed by atoms with Crippen molar-refractivity contribution in [1.29, 1.82) is 0 Å². The Labute approximate surface area is 236 Å². The lowest BCUT2D eigenvalue weighted by Crippen LogP contribution is -2.22. The van der Waals surface area contributed by atoms with Gasteiger partial charge in [-0.3, -0.25) is 14.8 Å². The maximum atomic E-state index is 12.4. The van der Waals surface area contributed by atoms with E-state index in [0.29, 0.717) is 45.6 Å². The van der Waals surface area contributed by atoms with Gasteiger partial charge in [0, 0.05) is 60.0 Å². The third-order valence-electron chi connectivity index (χ3n) is 6.74. The Balaban J connectivity index is 1.70. The van der Waals surface area contributed by atoms with Gasteiger partial charge in [0.1, 0.15) is 29.3 Å². The van der Waals surface area contributed by atoms with Crippen molar-refractivity contribution in [3.8, 4) is 28.1 Å². The number of benzene rings is 1. The summed E-state index contributed by atoms with van der Waals surface area (Å²) in [5, 5.41) is 6.15. The molecule has 4 heterocycles. The third kappa shape index (κ3) is 4.71. The molecule has 1 aromatic carbocycles. The Morgan fingerprint density at radius 1 is 1.15 bits per heavy atom. The molecule has 0 aliphatic rings. The van der Waals surface area contributed by atoms with E-state index in [1.54, 1.807) is 43.4 Å². The fourth-order valence-electron chi connectivity index (χ4n) is 4.70. The summed E-state index contributed by atoms with van der Waals surface area (Å²) in [6.07, 6.45) is 6.53. The minimum absolute atomic E-state index is 0.176. The van der Waals surface area contributed by atoms with Crippen LogP contribution in [0.15, 0.2) is 55.2 Å². The van der Waals surface area contributed by atoms with Crippen molar-refractivity contribution in [3.63, 3.8) is 0 Å². The lowest BCUT2D eigenvalue weighted by Gasteiger charge is -2.23. The standard InChI is InChI=1S/C29H29ClN8O2/c1-6-40-26-20(12-21(30)16(2)23(26)18-9-10-22(33-14-18)29(39)37(4)5)17(3)38-28-24(27(31)34-15-35-28)25(36-38)19-8-7-11-32-13-19/h7-15,17H,6H2,1-5H3,(H2,31,34,35). The zero-order chi connectivity index (χ0) is 28.6. The average molecular weight is 557 g/mol. The van der Waals surface area contributed by atoms with E-state index in [4.69, 9.17) is 27.2 Å². The largest absolute Gasteiger partial charge is 0.493 e. The van der Waals surface area contributed by atoms with E-state index in [-0.39, 0.29) is 11.9 Å². The molecule has 0 saturated heterocycles. The van der Waals surface area contributed by atoms with Crippen LogP contribution in [0.4, 0.5) is 5.82 Å². The predicted octanol–water partition coefficient (Wildman–Crippen LogP) is 5.20. The summed E-state index contributed by atoms with van der Waals surface area (Å²) in [6.45, 7) is 6.29. The molecule has 5 rings (SSSR count). The van der Waals surface area contributed by atoms with E-state index < -0.39 is 0 Å². The monoisotopic (exact) mass is 556 g/mol. The number of amides is 1. The molecule has 2 N–H and O–H groups in total. The molecule has 204 valence electrons. The number of hydrogen-bond acceptors (Lipinski definition) is 8. The highest BCUT2D eigenvalue weighted by atomic mass is 35.5. The summed E-state index contributed by atoms with van der Waals surface area (Å²) < 4.78 is 8.08. The number of rotatable bonds is 7. The number of aromatic nitrogens is 6. The second-order valence-electron chi connectivity index (χ2n) is 9.51. The molecule has 0 aliphatic heterocycles. The highest BCUT2D eigenvalue weighted by molar-refractivity contribution is 6.32. The zero-order valence-corrected chi connectivity index (χ0v) is 23.6. The van der Waals surface area contributed by atoms with Crippen LogP contribution in [0.5, 0.6) is 5.75 Å². The Kier molecular flexibility index (Phi) is 7.36. The van der Waals surface area contributed by atoms with Crippen molar-refractivity contribution >= 4 is 34.4 Å². The van der Waals surface area contributed by atoms with E-state index in [9.17, 15) is 4.79 Å². The van der Waals surface area contributed by atoms with Gasteiger partial charge in [-0.25, -0.2) is 14.6 Å². The topological polar surface area (TPSA) is 125 Å². The number of ether oxygens (including phenoxy) is 1. The van der Waals surface area contributed by atoms with Crippen LogP contribution < -0.4 is 10.5 Å². The number of hydrogen-bond donors (Lipinski definition) is 1. The quantitative estimate of drug-likeness (QED) is 0.290. The van der Waals surface area contributed by atoms with Crippen molar-refractivity contribution < 1.29 is 9.53 Å². The molecule has 0 saturated carbocycles. The number of nitrogens with two attached hydrogens (primary N) is 1. The Bertz CT molecular complexity index is 1700. The number of carbonyl (C=O) groups excluding carboxylic acids is 1. The van der Waals surface area contributed by atoms with Crippen molar-refractivity contribution in [2.45, 2.75) is 26.8 Å². The lowest BCUT2D eigenvalue weighted by molar-refractivity contribution is 0.0822. The zero-order valence-electron chi connectivity index (χ0n) is 22.9. The number of carbonyl (C=O) groups is 1. The lowest BCUT2D eigenvalue weighted by atomic mass is 9.94. The van der Waals surface area contributed by atoms with Crippen molar-refractivity contribution in [2.24, 2.45) is 0 Å².